The second-order valence-corrected chi connectivity index (χ2v) is 7.96. The van der Waals surface area contributed by atoms with Gasteiger partial charge in [-0.3, -0.25) is 4.79 Å². The van der Waals surface area contributed by atoms with Crippen LogP contribution in [0.3, 0.4) is 0 Å². The molecule has 3 rings (SSSR count). The number of hydrogen-bond donors (Lipinski definition) is 0. The van der Waals surface area contributed by atoms with E-state index in [2.05, 4.69) is 0 Å². The smallest absolute Gasteiger partial charge is 0.347 e. The summed E-state index contributed by atoms with van der Waals surface area (Å²) < 4.78 is 16.5. The number of hydroxylamine groups is 2. The fourth-order valence-electron chi connectivity index (χ4n) is 3.81. The molecule has 1 aliphatic rings. The normalized spacial score (nSPS) is 15.3. The van der Waals surface area contributed by atoms with E-state index in [1.54, 1.807) is 38.1 Å². The monoisotopic (exact) mass is 439 g/mol. The second-order valence-electron chi connectivity index (χ2n) is 7.96. The van der Waals surface area contributed by atoms with Crippen LogP contribution < -0.4 is 4.74 Å². The van der Waals surface area contributed by atoms with E-state index in [4.69, 9.17) is 19.0 Å². The van der Waals surface area contributed by atoms with Crippen LogP contribution in [0.1, 0.15) is 47.8 Å². The van der Waals surface area contributed by atoms with Crippen LogP contribution in [0.4, 0.5) is 0 Å². The number of esters is 1. The SMILES string of the molecule is CCOCON1C(=O)C(c2c(C)cccc2C)=C(OC(=O)c2ccccc2OC)C1(C)C. The van der Waals surface area contributed by atoms with Crippen LogP contribution >= 0.6 is 0 Å². The summed E-state index contributed by atoms with van der Waals surface area (Å²) in [7, 11) is 1.49. The maximum Gasteiger partial charge on any atom is 0.347 e. The largest absolute Gasteiger partial charge is 0.496 e. The third kappa shape index (κ3) is 4.26. The molecule has 0 spiro atoms. The molecule has 0 bridgehead atoms. The van der Waals surface area contributed by atoms with Crippen LogP contribution in [0.25, 0.3) is 5.57 Å². The highest BCUT2D eigenvalue weighted by molar-refractivity contribution is 6.23. The number of carbonyl (C=O) groups excluding carboxylic acids is 2. The first-order valence-corrected chi connectivity index (χ1v) is 10.5. The fourth-order valence-corrected chi connectivity index (χ4v) is 3.81. The van der Waals surface area contributed by atoms with Gasteiger partial charge in [0.25, 0.3) is 5.91 Å². The summed E-state index contributed by atoms with van der Waals surface area (Å²) in [6.45, 7) is 9.54. The third-order valence-electron chi connectivity index (χ3n) is 5.41. The van der Waals surface area contributed by atoms with Gasteiger partial charge in [0.1, 0.15) is 22.6 Å². The van der Waals surface area contributed by atoms with E-state index in [0.717, 1.165) is 16.7 Å². The van der Waals surface area contributed by atoms with E-state index in [1.807, 2.05) is 39.0 Å². The zero-order chi connectivity index (χ0) is 23.5. The van der Waals surface area contributed by atoms with Crippen LogP contribution in [0.5, 0.6) is 5.75 Å². The van der Waals surface area contributed by atoms with Crippen molar-refractivity contribution in [1.29, 1.82) is 0 Å². The average Bonchev–Trinajstić information content (AvgIpc) is 2.94. The molecule has 1 amide bonds. The van der Waals surface area contributed by atoms with E-state index in [-0.39, 0.29) is 18.1 Å². The van der Waals surface area contributed by atoms with Crippen molar-refractivity contribution in [1.82, 2.24) is 5.06 Å². The lowest BCUT2D eigenvalue weighted by molar-refractivity contribution is -0.242. The molecule has 0 N–H and O–H groups in total. The minimum Gasteiger partial charge on any atom is -0.496 e. The molecule has 32 heavy (non-hydrogen) atoms. The first kappa shape index (κ1) is 23.5. The molecule has 0 atom stereocenters. The molecule has 2 aromatic rings. The van der Waals surface area contributed by atoms with E-state index >= 15 is 0 Å². The fraction of sp³-hybridized carbons (Fsp3) is 0.360. The predicted molar refractivity (Wildman–Crippen MR) is 120 cm³/mol. The molecular formula is C25H29NO6. The van der Waals surface area contributed by atoms with Crippen LogP contribution in [0.2, 0.25) is 0 Å². The Hall–Kier alpha value is -3.16. The number of aryl methyl sites for hydroxylation is 2. The number of methoxy groups -OCH3 is 1. The van der Waals surface area contributed by atoms with E-state index in [9.17, 15) is 9.59 Å². The van der Waals surface area contributed by atoms with Gasteiger partial charge in [-0.05, 0) is 63.4 Å². The molecule has 0 radical (unpaired) electrons. The molecule has 0 fully saturated rings. The minimum atomic E-state index is -1.06. The predicted octanol–water partition coefficient (Wildman–Crippen LogP) is 4.43. The molecule has 0 aromatic heterocycles. The zero-order valence-corrected chi connectivity index (χ0v) is 19.4. The summed E-state index contributed by atoms with van der Waals surface area (Å²) in [5, 5.41) is 1.22. The lowest BCUT2D eigenvalue weighted by Gasteiger charge is -2.31. The third-order valence-corrected chi connectivity index (χ3v) is 5.41. The minimum absolute atomic E-state index is 0.0978. The van der Waals surface area contributed by atoms with Crippen molar-refractivity contribution in [3.05, 3.63) is 70.5 Å². The van der Waals surface area contributed by atoms with Crippen LogP contribution in [-0.2, 0) is 19.1 Å². The van der Waals surface area contributed by atoms with Gasteiger partial charge in [-0.2, -0.15) is 0 Å². The Morgan fingerprint density at radius 3 is 2.31 bits per heavy atom. The van der Waals surface area contributed by atoms with Gasteiger partial charge in [0, 0.05) is 6.61 Å². The number of amides is 1. The van der Waals surface area contributed by atoms with Gasteiger partial charge in [-0.1, -0.05) is 30.3 Å². The van der Waals surface area contributed by atoms with Gasteiger partial charge in [-0.25, -0.2) is 14.7 Å². The highest BCUT2D eigenvalue weighted by atomic mass is 16.8. The molecule has 0 unspecified atom stereocenters. The van der Waals surface area contributed by atoms with Gasteiger partial charge in [-0.15, -0.1) is 0 Å². The Morgan fingerprint density at radius 1 is 1.03 bits per heavy atom. The Morgan fingerprint density at radius 2 is 1.69 bits per heavy atom. The summed E-state index contributed by atoms with van der Waals surface area (Å²) in [4.78, 5) is 32.4. The van der Waals surface area contributed by atoms with E-state index in [1.165, 1.54) is 12.2 Å². The summed E-state index contributed by atoms with van der Waals surface area (Å²) in [6.07, 6.45) is 0. The van der Waals surface area contributed by atoms with Gasteiger partial charge >= 0.3 is 5.97 Å². The summed E-state index contributed by atoms with van der Waals surface area (Å²) in [5.41, 5.74) is 2.00. The Balaban J connectivity index is 2.12. The van der Waals surface area contributed by atoms with Crippen molar-refractivity contribution < 1.29 is 28.6 Å². The van der Waals surface area contributed by atoms with Gasteiger partial charge < -0.3 is 14.2 Å². The standard InChI is InChI=1S/C25H29NO6/c1-7-30-15-31-26-23(27)21(20-16(2)11-10-12-17(20)3)22(25(26,4)5)32-24(28)18-13-8-9-14-19(18)29-6/h8-14H,7,15H2,1-6H3. The zero-order valence-electron chi connectivity index (χ0n) is 19.4. The van der Waals surface area contributed by atoms with E-state index in [0.29, 0.717) is 17.9 Å². The van der Waals surface area contributed by atoms with Crippen LogP contribution in [0, 0.1) is 13.8 Å². The molecule has 0 saturated carbocycles. The highest BCUT2D eigenvalue weighted by Gasteiger charge is 2.50. The lowest BCUT2D eigenvalue weighted by atomic mass is 9.93. The second kappa shape index (κ2) is 9.54. The van der Waals surface area contributed by atoms with Gasteiger partial charge in [0.05, 0.1) is 12.7 Å². The van der Waals surface area contributed by atoms with Crippen LogP contribution in [-0.4, -0.2) is 43.0 Å². The van der Waals surface area contributed by atoms with Crippen molar-refractivity contribution in [3.8, 4) is 5.75 Å². The maximum absolute atomic E-state index is 13.5. The van der Waals surface area contributed by atoms with E-state index < -0.39 is 17.4 Å². The first-order chi connectivity index (χ1) is 15.2. The maximum atomic E-state index is 13.5. The van der Waals surface area contributed by atoms with Crippen molar-refractivity contribution in [2.75, 3.05) is 20.5 Å². The first-order valence-electron chi connectivity index (χ1n) is 10.5. The number of carbonyl (C=O) groups is 2. The number of ether oxygens (including phenoxy) is 3. The number of hydrogen-bond acceptors (Lipinski definition) is 6. The summed E-state index contributed by atoms with van der Waals surface area (Å²) in [6, 6.07) is 12.5. The molecule has 7 heteroatoms. The summed E-state index contributed by atoms with van der Waals surface area (Å²) >= 11 is 0. The average molecular weight is 440 g/mol. The topological polar surface area (TPSA) is 74.3 Å². The Bertz CT molecular complexity index is 1040. The molecule has 1 aliphatic heterocycles. The van der Waals surface area contributed by atoms with Crippen molar-refractivity contribution >= 4 is 17.4 Å². The van der Waals surface area contributed by atoms with Crippen molar-refractivity contribution in [2.45, 2.75) is 40.2 Å². The highest BCUT2D eigenvalue weighted by Crippen LogP contribution is 2.43. The number of nitrogens with zero attached hydrogens (tertiary/aromatic N) is 1. The number of para-hydroxylation sites is 1. The molecule has 170 valence electrons. The lowest BCUT2D eigenvalue weighted by Crippen LogP contribution is -2.44. The molecule has 0 aliphatic carbocycles. The van der Waals surface area contributed by atoms with Crippen molar-refractivity contribution in [3.63, 3.8) is 0 Å². The molecular weight excluding hydrogens is 410 g/mol. The van der Waals surface area contributed by atoms with Gasteiger partial charge in [0.2, 0.25) is 0 Å². The Kier molecular flexibility index (Phi) is 7.01. The quantitative estimate of drug-likeness (QED) is 0.344. The number of benzene rings is 2. The molecule has 1 heterocycles. The summed E-state index contributed by atoms with van der Waals surface area (Å²) in [5.74, 6) is -0.408. The molecule has 2 aromatic carbocycles. The molecule has 0 saturated heterocycles. The Labute approximate surface area is 188 Å². The van der Waals surface area contributed by atoms with Gasteiger partial charge in [0.15, 0.2) is 6.79 Å². The van der Waals surface area contributed by atoms with Crippen molar-refractivity contribution in [2.24, 2.45) is 0 Å². The number of rotatable bonds is 8. The van der Waals surface area contributed by atoms with Crippen LogP contribution in [0.15, 0.2) is 48.2 Å². The molecule has 7 nitrogen and oxygen atoms in total.